The van der Waals surface area contributed by atoms with Crippen LogP contribution in [-0.4, -0.2) is 5.11 Å². The van der Waals surface area contributed by atoms with E-state index < -0.39 is 17.8 Å². The molecular formula is C15H11BrClF3O. The Labute approximate surface area is 133 Å². The van der Waals surface area contributed by atoms with Crippen molar-refractivity contribution in [3.05, 3.63) is 68.7 Å². The molecule has 2 aromatic carbocycles. The van der Waals surface area contributed by atoms with Crippen LogP contribution in [-0.2, 0) is 12.6 Å². The van der Waals surface area contributed by atoms with Crippen molar-refractivity contribution in [1.82, 2.24) is 0 Å². The Balaban J connectivity index is 2.26. The van der Waals surface area contributed by atoms with Crippen molar-refractivity contribution >= 4 is 27.5 Å². The molecule has 112 valence electrons. The monoisotopic (exact) mass is 378 g/mol. The fourth-order valence-corrected chi connectivity index (χ4v) is 2.57. The average Bonchev–Trinajstić information content (AvgIpc) is 2.40. The van der Waals surface area contributed by atoms with Gasteiger partial charge in [0.1, 0.15) is 0 Å². The maximum Gasteiger partial charge on any atom is 0.416 e. The third-order valence-corrected chi connectivity index (χ3v) is 4.00. The molecule has 0 saturated heterocycles. The van der Waals surface area contributed by atoms with Gasteiger partial charge in [-0.3, -0.25) is 0 Å². The SMILES string of the molecule is OC(Cc1ccc(Cl)cc1)c1cc(C(F)(F)F)ccc1Br. The number of hydrogen-bond donors (Lipinski definition) is 1. The number of aliphatic hydroxyl groups excluding tert-OH is 1. The predicted molar refractivity (Wildman–Crippen MR) is 79.3 cm³/mol. The van der Waals surface area contributed by atoms with Crippen LogP contribution in [0.2, 0.25) is 5.02 Å². The van der Waals surface area contributed by atoms with Crippen LogP contribution in [0.4, 0.5) is 13.2 Å². The highest BCUT2D eigenvalue weighted by Gasteiger charge is 2.31. The molecule has 2 rings (SSSR count). The van der Waals surface area contributed by atoms with Crippen LogP contribution >= 0.6 is 27.5 Å². The van der Waals surface area contributed by atoms with E-state index in [1.807, 2.05) is 0 Å². The number of aliphatic hydroxyl groups is 1. The smallest absolute Gasteiger partial charge is 0.388 e. The molecule has 2 aromatic rings. The second-order valence-corrected chi connectivity index (χ2v) is 5.87. The molecule has 0 aliphatic carbocycles. The zero-order chi connectivity index (χ0) is 15.6. The molecule has 21 heavy (non-hydrogen) atoms. The number of rotatable bonds is 3. The number of hydrogen-bond acceptors (Lipinski definition) is 1. The molecule has 0 saturated carbocycles. The van der Waals surface area contributed by atoms with Crippen molar-refractivity contribution in [3.63, 3.8) is 0 Å². The molecule has 1 nitrogen and oxygen atoms in total. The summed E-state index contributed by atoms with van der Waals surface area (Å²) in [6.45, 7) is 0. The van der Waals surface area contributed by atoms with Gasteiger partial charge in [-0.15, -0.1) is 0 Å². The van der Waals surface area contributed by atoms with Crippen LogP contribution in [0, 0.1) is 0 Å². The van der Waals surface area contributed by atoms with Crippen molar-refractivity contribution in [2.24, 2.45) is 0 Å². The van der Waals surface area contributed by atoms with E-state index in [2.05, 4.69) is 15.9 Å². The van der Waals surface area contributed by atoms with Crippen LogP contribution in [0.5, 0.6) is 0 Å². The summed E-state index contributed by atoms with van der Waals surface area (Å²) in [6.07, 6.45) is -5.27. The summed E-state index contributed by atoms with van der Waals surface area (Å²) in [4.78, 5) is 0. The lowest BCUT2D eigenvalue weighted by molar-refractivity contribution is -0.137. The summed E-state index contributed by atoms with van der Waals surface area (Å²) in [5, 5.41) is 10.7. The van der Waals surface area contributed by atoms with Crippen LogP contribution < -0.4 is 0 Å². The highest BCUT2D eigenvalue weighted by Crippen LogP contribution is 2.34. The molecule has 0 spiro atoms. The van der Waals surface area contributed by atoms with Gasteiger partial charge in [0.05, 0.1) is 11.7 Å². The van der Waals surface area contributed by atoms with Gasteiger partial charge < -0.3 is 5.11 Å². The molecule has 0 fully saturated rings. The summed E-state index contributed by atoms with van der Waals surface area (Å²) >= 11 is 8.94. The predicted octanol–water partition coefficient (Wildman–Crippen LogP) is 5.40. The van der Waals surface area contributed by atoms with Gasteiger partial charge >= 0.3 is 6.18 Å². The first-order valence-corrected chi connectivity index (χ1v) is 7.23. The summed E-state index contributed by atoms with van der Waals surface area (Å²) < 4.78 is 38.6. The van der Waals surface area contributed by atoms with Crippen molar-refractivity contribution in [3.8, 4) is 0 Å². The number of alkyl halides is 3. The van der Waals surface area contributed by atoms with Crippen LogP contribution in [0.1, 0.15) is 22.8 Å². The van der Waals surface area contributed by atoms with E-state index in [1.54, 1.807) is 24.3 Å². The minimum Gasteiger partial charge on any atom is -0.388 e. The number of halogens is 5. The molecule has 1 atom stereocenters. The van der Waals surface area contributed by atoms with E-state index in [9.17, 15) is 18.3 Å². The van der Waals surface area contributed by atoms with Crippen molar-refractivity contribution in [2.45, 2.75) is 18.7 Å². The summed E-state index contributed by atoms with van der Waals surface area (Å²) in [5.41, 5.74) is 0.215. The maximum atomic E-state index is 12.7. The van der Waals surface area contributed by atoms with Gasteiger partial charge in [-0.25, -0.2) is 0 Å². The third kappa shape index (κ3) is 4.22. The Morgan fingerprint density at radius 3 is 2.29 bits per heavy atom. The minimum atomic E-state index is -4.44. The van der Waals surface area contributed by atoms with Crippen molar-refractivity contribution in [1.29, 1.82) is 0 Å². The molecule has 0 radical (unpaired) electrons. The first-order chi connectivity index (χ1) is 9.77. The van der Waals surface area contributed by atoms with Gasteiger partial charge in [-0.05, 0) is 41.5 Å². The molecular weight excluding hydrogens is 369 g/mol. The summed E-state index contributed by atoms with van der Waals surface area (Å²) in [6, 6.07) is 10.0. The summed E-state index contributed by atoms with van der Waals surface area (Å²) in [7, 11) is 0. The van der Waals surface area contributed by atoms with Gasteiger partial charge in [0.15, 0.2) is 0 Å². The van der Waals surface area contributed by atoms with Crippen LogP contribution in [0.25, 0.3) is 0 Å². The average molecular weight is 380 g/mol. The van der Waals surface area contributed by atoms with E-state index in [4.69, 9.17) is 11.6 Å². The molecule has 0 amide bonds. The Morgan fingerprint density at radius 1 is 1.10 bits per heavy atom. The fraction of sp³-hybridized carbons (Fsp3) is 0.200. The van der Waals surface area contributed by atoms with E-state index in [1.165, 1.54) is 6.07 Å². The van der Waals surface area contributed by atoms with E-state index in [0.717, 1.165) is 17.7 Å². The standard InChI is InChI=1S/C15H11BrClF3O/c16-13-6-3-10(15(18,19)20)8-12(13)14(21)7-9-1-4-11(17)5-2-9/h1-6,8,14,21H,7H2. The Hall–Kier alpha value is -1.04. The lowest BCUT2D eigenvalue weighted by Crippen LogP contribution is -2.08. The van der Waals surface area contributed by atoms with E-state index in [-0.39, 0.29) is 12.0 Å². The largest absolute Gasteiger partial charge is 0.416 e. The molecule has 1 unspecified atom stereocenters. The first kappa shape index (κ1) is 16.3. The van der Waals surface area contributed by atoms with Gasteiger partial charge in [0.25, 0.3) is 0 Å². The number of benzene rings is 2. The summed E-state index contributed by atoms with van der Waals surface area (Å²) in [5.74, 6) is 0. The zero-order valence-corrected chi connectivity index (χ0v) is 13.0. The molecule has 0 aromatic heterocycles. The Morgan fingerprint density at radius 2 is 1.71 bits per heavy atom. The van der Waals surface area contributed by atoms with Gasteiger partial charge in [-0.1, -0.05) is 39.7 Å². The zero-order valence-electron chi connectivity index (χ0n) is 10.7. The Kier molecular flexibility index (Phi) is 4.96. The van der Waals surface area contributed by atoms with E-state index >= 15 is 0 Å². The lowest BCUT2D eigenvalue weighted by atomic mass is 9.99. The molecule has 6 heteroatoms. The molecule has 0 heterocycles. The lowest BCUT2D eigenvalue weighted by Gasteiger charge is -2.16. The molecule has 0 aliphatic rings. The van der Waals surface area contributed by atoms with Crippen LogP contribution in [0.3, 0.4) is 0 Å². The topological polar surface area (TPSA) is 20.2 Å². The van der Waals surface area contributed by atoms with Crippen molar-refractivity contribution in [2.75, 3.05) is 0 Å². The second kappa shape index (κ2) is 6.38. The van der Waals surface area contributed by atoms with Gasteiger partial charge in [0.2, 0.25) is 0 Å². The van der Waals surface area contributed by atoms with Crippen LogP contribution in [0.15, 0.2) is 46.9 Å². The first-order valence-electron chi connectivity index (χ1n) is 6.06. The molecule has 0 bridgehead atoms. The molecule has 0 aliphatic heterocycles. The highest BCUT2D eigenvalue weighted by molar-refractivity contribution is 9.10. The van der Waals surface area contributed by atoms with Gasteiger partial charge in [-0.2, -0.15) is 13.2 Å². The third-order valence-electron chi connectivity index (χ3n) is 3.02. The van der Waals surface area contributed by atoms with Gasteiger partial charge in [0, 0.05) is 15.9 Å². The Bertz CT molecular complexity index is 626. The second-order valence-electron chi connectivity index (χ2n) is 4.58. The quantitative estimate of drug-likeness (QED) is 0.757. The van der Waals surface area contributed by atoms with Crippen molar-refractivity contribution < 1.29 is 18.3 Å². The normalized spacial score (nSPS) is 13.2. The van der Waals surface area contributed by atoms with E-state index in [0.29, 0.717) is 9.50 Å². The maximum absolute atomic E-state index is 12.7. The highest BCUT2D eigenvalue weighted by atomic mass is 79.9. The fourth-order valence-electron chi connectivity index (χ4n) is 1.93. The molecule has 1 N–H and O–H groups in total. The minimum absolute atomic E-state index is 0.205.